The lowest BCUT2D eigenvalue weighted by molar-refractivity contribution is 0.0652. The van der Waals surface area contributed by atoms with Crippen molar-refractivity contribution in [2.75, 3.05) is 6.79 Å². The molecule has 0 fully saturated rings. The summed E-state index contributed by atoms with van der Waals surface area (Å²) in [4.78, 5) is 10.7. The van der Waals surface area contributed by atoms with Gasteiger partial charge in [-0.15, -0.1) is 0 Å². The van der Waals surface area contributed by atoms with Crippen LogP contribution in [0.1, 0.15) is 10.6 Å². The van der Waals surface area contributed by atoms with Crippen LogP contribution in [0.25, 0.3) is 11.3 Å². The van der Waals surface area contributed by atoms with E-state index in [0.29, 0.717) is 5.75 Å². The Morgan fingerprint density at radius 3 is 2.89 bits per heavy atom. The number of aromatic nitrogens is 1. The van der Waals surface area contributed by atoms with Gasteiger partial charge in [0, 0.05) is 12.1 Å². The number of halogens is 2. The van der Waals surface area contributed by atoms with Crippen LogP contribution in [0.15, 0.2) is 21.1 Å². The second-order valence-electron chi connectivity index (χ2n) is 3.66. The van der Waals surface area contributed by atoms with Crippen molar-refractivity contribution in [3.8, 4) is 22.8 Å². The molecule has 0 amide bonds. The molecule has 1 aromatic heterocycles. The van der Waals surface area contributed by atoms with E-state index in [1.807, 2.05) is 0 Å². The molecule has 0 radical (unpaired) electrons. The maximum atomic E-state index is 14.1. The Morgan fingerprint density at radius 1 is 1.42 bits per heavy atom. The fourth-order valence-corrected chi connectivity index (χ4v) is 2.12. The Labute approximate surface area is 113 Å². The third-order valence-electron chi connectivity index (χ3n) is 2.53. The van der Waals surface area contributed by atoms with Gasteiger partial charge in [0.05, 0.1) is 10.0 Å². The van der Waals surface area contributed by atoms with Gasteiger partial charge in [0.25, 0.3) is 0 Å². The van der Waals surface area contributed by atoms with Gasteiger partial charge in [-0.25, -0.2) is 9.18 Å². The van der Waals surface area contributed by atoms with Crippen LogP contribution in [0.5, 0.6) is 11.5 Å². The molecule has 2 aromatic rings. The fraction of sp³-hybridized carbons (Fsp3) is 0.0909. The minimum atomic E-state index is -1.29. The Balaban J connectivity index is 2.21. The monoisotopic (exact) mass is 329 g/mol. The number of carbonyl (C=O) groups is 1. The molecule has 8 heteroatoms. The van der Waals surface area contributed by atoms with Gasteiger partial charge in [-0.1, -0.05) is 5.16 Å². The molecule has 2 heterocycles. The zero-order valence-corrected chi connectivity index (χ0v) is 10.7. The van der Waals surface area contributed by atoms with E-state index in [-0.39, 0.29) is 34.0 Å². The standard InChI is InChI=1S/C11H5BrFNO5/c12-4-1-6-10(18-3-17-6)8(9(4)13)5-2-7(11(15)16)19-14-5/h1-2H,3H2,(H,15,16). The number of hydrogen-bond acceptors (Lipinski definition) is 5. The molecule has 98 valence electrons. The van der Waals surface area contributed by atoms with Gasteiger partial charge in [-0.2, -0.15) is 0 Å². The number of carboxylic acid groups (broad SMARTS) is 1. The van der Waals surface area contributed by atoms with Crippen molar-refractivity contribution >= 4 is 21.9 Å². The third kappa shape index (κ3) is 1.84. The van der Waals surface area contributed by atoms with Crippen LogP contribution in [0.3, 0.4) is 0 Å². The lowest BCUT2D eigenvalue weighted by atomic mass is 10.1. The summed E-state index contributed by atoms with van der Waals surface area (Å²) in [5, 5.41) is 12.3. The first-order valence-corrected chi connectivity index (χ1v) is 5.85. The molecule has 1 aliphatic rings. The van der Waals surface area contributed by atoms with Crippen LogP contribution in [-0.4, -0.2) is 23.0 Å². The van der Waals surface area contributed by atoms with Crippen LogP contribution < -0.4 is 9.47 Å². The Bertz CT molecular complexity index is 684. The highest BCUT2D eigenvalue weighted by atomic mass is 79.9. The summed E-state index contributed by atoms with van der Waals surface area (Å²) in [6, 6.07) is 2.55. The molecule has 0 bridgehead atoms. The van der Waals surface area contributed by atoms with E-state index >= 15 is 0 Å². The maximum absolute atomic E-state index is 14.1. The molecule has 6 nitrogen and oxygen atoms in total. The molecule has 0 aliphatic carbocycles. The Morgan fingerprint density at radius 2 is 2.21 bits per heavy atom. The lowest BCUT2D eigenvalue weighted by Crippen LogP contribution is -1.94. The molecule has 0 unspecified atom stereocenters. The highest BCUT2D eigenvalue weighted by Crippen LogP contribution is 2.45. The van der Waals surface area contributed by atoms with E-state index in [1.165, 1.54) is 6.07 Å². The van der Waals surface area contributed by atoms with Crippen molar-refractivity contribution in [2.24, 2.45) is 0 Å². The van der Waals surface area contributed by atoms with Crippen molar-refractivity contribution in [1.29, 1.82) is 0 Å². The predicted molar refractivity (Wildman–Crippen MR) is 62.7 cm³/mol. The minimum Gasteiger partial charge on any atom is -0.475 e. The quantitative estimate of drug-likeness (QED) is 0.912. The summed E-state index contributed by atoms with van der Waals surface area (Å²) in [7, 11) is 0. The topological polar surface area (TPSA) is 81.8 Å². The van der Waals surface area contributed by atoms with Gasteiger partial charge >= 0.3 is 5.97 Å². The second kappa shape index (κ2) is 4.23. The zero-order chi connectivity index (χ0) is 13.6. The first-order chi connectivity index (χ1) is 9.08. The van der Waals surface area contributed by atoms with Gasteiger partial charge in [0.1, 0.15) is 5.69 Å². The van der Waals surface area contributed by atoms with Crippen LogP contribution in [0, 0.1) is 5.82 Å². The first kappa shape index (κ1) is 12.0. The number of hydrogen-bond donors (Lipinski definition) is 1. The van der Waals surface area contributed by atoms with Crippen molar-refractivity contribution in [3.63, 3.8) is 0 Å². The van der Waals surface area contributed by atoms with Crippen molar-refractivity contribution in [2.45, 2.75) is 0 Å². The van der Waals surface area contributed by atoms with E-state index in [1.54, 1.807) is 0 Å². The van der Waals surface area contributed by atoms with Gasteiger partial charge in [-0.05, 0) is 15.9 Å². The van der Waals surface area contributed by atoms with Crippen LogP contribution >= 0.6 is 15.9 Å². The van der Waals surface area contributed by atoms with Crippen molar-refractivity contribution in [1.82, 2.24) is 5.16 Å². The number of benzene rings is 1. The van der Waals surface area contributed by atoms with E-state index in [9.17, 15) is 9.18 Å². The summed E-state index contributed by atoms with van der Waals surface area (Å²) in [5.74, 6) is -1.78. The SMILES string of the molecule is O=C(O)c1cc(-c2c(F)c(Br)cc3c2OCO3)no1. The fourth-order valence-electron chi connectivity index (χ4n) is 1.71. The number of rotatable bonds is 2. The van der Waals surface area contributed by atoms with E-state index in [2.05, 4.69) is 25.6 Å². The number of carboxylic acids is 1. The van der Waals surface area contributed by atoms with Crippen molar-refractivity contribution in [3.05, 3.63) is 28.2 Å². The highest BCUT2D eigenvalue weighted by Gasteiger charge is 2.27. The molecule has 1 aromatic carbocycles. The summed E-state index contributed by atoms with van der Waals surface area (Å²) in [5.41, 5.74) is 0.0241. The number of fused-ring (bicyclic) bond motifs is 1. The summed E-state index contributed by atoms with van der Waals surface area (Å²) in [6.07, 6.45) is 0. The molecule has 3 rings (SSSR count). The molecular formula is C11H5BrFNO5. The van der Waals surface area contributed by atoms with Gasteiger partial charge in [0.2, 0.25) is 12.6 Å². The average Bonchev–Trinajstić information content (AvgIpc) is 2.99. The molecule has 0 atom stereocenters. The van der Waals surface area contributed by atoms with Gasteiger partial charge in [-0.3, -0.25) is 0 Å². The number of aromatic carboxylic acids is 1. The summed E-state index contributed by atoms with van der Waals surface area (Å²) in [6.45, 7) is -0.0398. The summed E-state index contributed by atoms with van der Waals surface area (Å²) >= 11 is 3.05. The molecule has 1 N–H and O–H groups in total. The minimum absolute atomic E-state index is 0.00174. The zero-order valence-electron chi connectivity index (χ0n) is 9.15. The van der Waals surface area contributed by atoms with Crippen LogP contribution in [0.2, 0.25) is 0 Å². The molecular weight excluding hydrogens is 325 g/mol. The van der Waals surface area contributed by atoms with E-state index < -0.39 is 11.8 Å². The second-order valence-corrected chi connectivity index (χ2v) is 4.52. The predicted octanol–water partition coefficient (Wildman–Crippen LogP) is 2.67. The summed E-state index contributed by atoms with van der Waals surface area (Å²) < 4.78 is 29.2. The smallest absolute Gasteiger partial charge is 0.374 e. The van der Waals surface area contributed by atoms with Gasteiger partial charge < -0.3 is 19.1 Å². The molecule has 0 saturated heterocycles. The Kier molecular flexibility index (Phi) is 2.67. The van der Waals surface area contributed by atoms with Crippen molar-refractivity contribution < 1.29 is 28.3 Å². The largest absolute Gasteiger partial charge is 0.475 e. The highest BCUT2D eigenvalue weighted by molar-refractivity contribution is 9.10. The number of nitrogens with zero attached hydrogens (tertiary/aromatic N) is 1. The molecule has 19 heavy (non-hydrogen) atoms. The molecule has 1 aliphatic heterocycles. The van der Waals surface area contributed by atoms with Gasteiger partial charge in [0.15, 0.2) is 17.3 Å². The van der Waals surface area contributed by atoms with E-state index in [4.69, 9.17) is 14.6 Å². The normalized spacial score (nSPS) is 12.7. The van der Waals surface area contributed by atoms with Crippen LogP contribution in [0.4, 0.5) is 4.39 Å². The molecule has 0 spiro atoms. The number of ether oxygens (including phenoxy) is 2. The molecule has 0 saturated carbocycles. The van der Waals surface area contributed by atoms with Crippen LogP contribution in [-0.2, 0) is 0 Å². The third-order valence-corrected chi connectivity index (χ3v) is 3.11. The maximum Gasteiger partial charge on any atom is 0.374 e. The van der Waals surface area contributed by atoms with E-state index in [0.717, 1.165) is 6.07 Å². The first-order valence-electron chi connectivity index (χ1n) is 5.06. The average molecular weight is 330 g/mol. The lowest BCUT2D eigenvalue weighted by Gasteiger charge is -2.05. The Hall–Kier alpha value is -2.09.